The number of ketones is 1. The lowest BCUT2D eigenvalue weighted by Crippen LogP contribution is -2.26. The van der Waals surface area contributed by atoms with E-state index < -0.39 is 0 Å². The highest BCUT2D eigenvalue weighted by molar-refractivity contribution is 5.94. The summed E-state index contributed by atoms with van der Waals surface area (Å²) in [6.45, 7) is 5.56. The number of para-hydroxylation sites is 1. The lowest BCUT2D eigenvalue weighted by Gasteiger charge is -2.23. The summed E-state index contributed by atoms with van der Waals surface area (Å²) in [5.41, 5.74) is 3.81. The van der Waals surface area contributed by atoms with E-state index in [0.29, 0.717) is 17.6 Å². The number of nitrogens with zero attached hydrogens (tertiary/aromatic N) is 3. The Balaban J connectivity index is 2.06. The average Bonchev–Trinajstić information content (AvgIpc) is 2.73. The zero-order valence-corrected chi connectivity index (χ0v) is 11.9. The average molecular weight is 267 g/mol. The summed E-state index contributed by atoms with van der Waals surface area (Å²) in [5, 5.41) is 0. The van der Waals surface area contributed by atoms with Crippen LogP contribution >= 0.6 is 0 Å². The van der Waals surface area contributed by atoms with Gasteiger partial charge in [-0.3, -0.25) is 4.79 Å². The standard InChI is InChI=1S/C16H17N3O/c1-10-8-13-6-4-5-7-15(13)19(10)16-17-9-14(12(3)20)11(2)18-16/h4-7,9-10H,8H2,1-3H3/t10-/m0/s1. The van der Waals surface area contributed by atoms with Crippen molar-refractivity contribution >= 4 is 17.4 Å². The molecule has 0 spiro atoms. The van der Waals surface area contributed by atoms with E-state index in [1.807, 2.05) is 13.0 Å². The summed E-state index contributed by atoms with van der Waals surface area (Å²) < 4.78 is 0. The highest BCUT2D eigenvalue weighted by Gasteiger charge is 2.28. The van der Waals surface area contributed by atoms with Gasteiger partial charge in [-0.2, -0.15) is 0 Å². The number of hydrogen-bond acceptors (Lipinski definition) is 4. The van der Waals surface area contributed by atoms with Crippen LogP contribution in [0.4, 0.5) is 11.6 Å². The van der Waals surface area contributed by atoms with Crippen molar-refractivity contribution < 1.29 is 4.79 Å². The molecular formula is C16H17N3O. The van der Waals surface area contributed by atoms with Gasteiger partial charge >= 0.3 is 0 Å². The number of Topliss-reactive ketones (excluding diaryl/α,β-unsaturated/α-hetero) is 1. The Bertz CT molecular complexity index is 681. The number of aryl methyl sites for hydroxylation is 1. The van der Waals surface area contributed by atoms with Gasteiger partial charge in [0.15, 0.2) is 5.78 Å². The van der Waals surface area contributed by atoms with Crippen molar-refractivity contribution in [3.05, 3.63) is 47.3 Å². The van der Waals surface area contributed by atoms with E-state index in [0.717, 1.165) is 17.8 Å². The number of anilines is 2. The highest BCUT2D eigenvalue weighted by Crippen LogP contribution is 2.36. The van der Waals surface area contributed by atoms with Crippen LogP contribution in [0.25, 0.3) is 0 Å². The van der Waals surface area contributed by atoms with Crippen LogP contribution in [-0.2, 0) is 6.42 Å². The number of fused-ring (bicyclic) bond motifs is 1. The van der Waals surface area contributed by atoms with Gasteiger partial charge in [0.05, 0.1) is 11.3 Å². The summed E-state index contributed by atoms with van der Waals surface area (Å²) >= 11 is 0. The Morgan fingerprint density at radius 2 is 2.10 bits per heavy atom. The van der Waals surface area contributed by atoms with Crippen molar-refractivity contribution in [2.24, 2.45) is 0 Å². The van der Waals surface area contributed by atoms with Gasteiger partial charge in [-0.1, -0.05) is 18.2 Å². The predicted octanol–water partition coefficient (Wildman–Crippen LogP) is 3.07. The van der Waals surface area contributed by atoms with Gasteiger partial charge < -0.3 is 4.90 Å². The van der Waals surface area contributed by atoms with E-state index in [2.05, 4.69) is 40.0 Å². The molecular weight excluding hydrogens is 250 g/mol. The topological polar surface area (TPSA) is 46.1 Å². The van der Waals surface area contributed by atoms with E-state index in [4.69, 9.17) is 0 Å². The molecule has 1 aromatic heterocycles. The van der Waals surface area contributed by atoms with Crippen molar-refractivity contribution in [3.63, 3.8) is 0 Å². The van der Waals surface area contributed by atoms with Crippen molar-refractivity contribution in [1.29, 1.82) is 0 Å². The maximum Gasteiger partial charge on any atom is 0.230 e. The van der Waals surface area contributed by atoms with Gasteiger partial charge in [0.2, 0.25) is 5.95 Å². The third-order valence-electron chi connectivity index (χ3n) is 3.77. The molecule has 3 rings (SSSR count). The monoisotopic (exact) mass is 267 g/mol. The Kier molecular flexibility index (Phi) is 3.01. The number of carbonyl (C=O) groups excluding carboxylic acids is 1. The minimum atomic E-state index is 0.00363. The van der Waals surface area contributed by atoms with E-state index in [9.17, 15) is 4.79 Å². The van der Waals surface area contributed by atoms with E-state index in [1.165, 1.54) is 5.56 Å². The number of hydrogen-bond donors (Lipinski definition) is 0. The zero-order chi connectivity index (χ0) is 14.3. The van der Waals surface area contributed by atoms with Crippen LogP contribution in [0.3, 0.4) is 0 Å². The molecule has 0 saturated carbocycles. The Morgan fingerprint density at radius 3 is 2.80 bits per heavy atom. The fraction of sp³-hybridized carbons (Fsp3) is 0.312. The van der Waals surface area contributed by atoms with E-state index >= 15 is 0 Å². The van der Waals surface area contributed by atoms with Crippen LogP contribution in [0, 0.1) is 6.92 Å². The third-order valence-corrected chi connectivity index (χ3v) is 3.77. The van der Waals surface area contributed by atoms with Gasteiger partial charge in [0.1, 0.15) is 0 Å². The molecule has 4 heteroatoms. The number of aromatic nitrogens is 2. The van der Waals surface area contributed by atoms with Crippen molar-refractivity contribution in [2.75, 3.05) is 4.90 Å². The van der Waals surface area contributed by atoms with Crippen LogP contribution in [-0.4, -0.2) is 21.8 Å². The molecule has 1 aliphatic rings. The third kappa shape index (κ3) is 1.97. The quantitative estimate of drug-likeness (QED) is 0.784. The van der Waals surface area contributed by atoms with Crippen LogP contribution in [0.2, 0.25) is 0 Å². The second kappa shape index (κ2) is 4.71. The van der Waals surface area contributed by atoms with E-state index in [1.54, 1.807) is 13.1 Å². The molecule has 102 valence electrons. The minimum Gasteiger partial charge on any atom is -0.307 e. The molecule has 0 unspecified atom stereocenters. The molecule has 0 bridgehead atoms. The zero-order valence-electron chi connectivity index (χ0n) is 11.9. The van der Waals surface area contributed by atoms with Crippen LogP contribution in [0.1, 0.15) is 35.5 Å². The fourth-order valence-corrected chi connectivity index (χ4v) is 2.79. The van der Waals surface area contributed by atoms with Gasteiger partial charge in [-0.15, -0.1) is 0 Å². The largest absolute Gasteiger partial charge is 0.307 e. The van der Waals surface area contributed by atoms with Gasteiger partial charge in [0, 0.05) is 17.9 Å². The first-order chi connectivity index (χ1) is 9.58. The first kappa shape index (κ1) is 12.8. The number of rotatable bonds is 2. The summed E-state index contributed by atoms with van der Waals surface area (Å²) in [5.74, 6) is 0.675. The molecule has 0 N–H and O–H groups in total. The number of carbonyl (C=O) groups is 1. The van der Waals surface area contributed by atoms with Crippen LogP contribution < -0.4 is 4.90 Å². The molecule has 0 saturated heterocycles. The fourth-order valence-electron chi connectivity index (χ4n) is 2.79. The van der Waals surface area contributed by atoms with E-state index in [-0.39, 0.29) is 5.78 Å². The Labute approximate surface area is 118 Å². The second-order valence-electron chi connectivity index (χ2n) is 5.28. The highest BCUT2D eigenvalue weighted by atomic mass is 16.1. The van der Waals surface area contributed by atoms with Crippen molar-refractivity contribution in [1.82, 2.24) is 9.97 Å². The summed E-state index contributed by atoms with van der Waals surface area (Å²) in [7, 11) is 0. The Hall–Kier alpha value is -2.23. The molecule has 0 aliphatic carbocycles. The van der Waals surface area contributed by atoms with Gasteiger partial charge in [-0.25, -0.2) is 9.97 Å². The summed E-state index contributed by atoms with van der Waals surface area (Å²) in [6.07, 6.45) is 2.63. The maximum atomic E-state index is 11.5. The van der Waals surface area contributed by atoms with Crippen LogP contribution in [0.5, 0.6) is 0 Å². The predicted molar refractivity (Wildman–Crippen MR) is 78.5 cm³/mol. The molecule has 1 atom stereocenters. The SMILES string of the molecule is CC(=O)c1cnc(N2c3ccccc3C[C@@H]2C)nc1C. The molecule has 4 nitrogen and oxygen atoms in total. The molecule has 2 heterocycles. The van der Waals surface area contributed by atoms with Crippen molar-refractivity contribution in [3.8, 4) is 0 Å². The number of benzene rings is 1. The lowest BCUT2D eigenvalue weighted by atomic mass is 10.1. The summed E-state index contributed by atoms with van der Waals surface area (Å²) in [4.78, 5) is 22.5. The molecule has 20 heavy (non-hydrogen) atoms. The Morgan fingerprint density at radius 1 is 1.35 bits per heavy atom. The maximum absolute atomic E-state index is 11.5. The minimum absolute atomic E-state index is 0.00363. The molecule has 1 aliphatic heterocycles. The normalized spacial score (nSPS) is 17.1. The van der Waals surface area contributed by atoms with Crippen molar-refractivity contribution in [2.45, 2.75) is 33.2 Å². The first-order valence-electron chi connectivity index (χ1n) is 6.79. The second-order valence-corrected chi connectivity index (χ2v) is 5.28. The van der Waals surface area contributed by atoms with Gasteiger partial charge in [0.25, 0.3) is 0 Å². The smallest absolute Gasteiger partial charge is 0.230 e. The first-order valence-corrected chi connectivity index (χ1v) is 6.79. The molecule has 2 aromatic rings. The molecule has 1 aromatic carbocycles. The van der Waals surface area contributed by atoms with Gasteiger partial charge in [-0.05, 0) is 38.8 Å². The molecule has 0 amide bonds. The lowest BCUT2D eigenvalue weighted by molar-refractivity contribution is 0.101. The summed E-state index contributed by atoms with van der Waals surface area (Å²) in [6, 6.07) is 8.65. The molecule has 0 radical (unpaired) electrons. The molecule has 0 fully saturated rings. The van der Waals surface area contributed by atoms with Crippen LogP contribution in [0.15, 0.2) is 30.5 Å².